The average Bonchev–Trinajstić information content (AvgIpc) is 2.59. The second kappa shape index (κ2) is 8.37. The number of nitrogens with one attached hydrogen (secondary N) is 1. The van der Waals surface area contributed by atoms with E-state index in [9.17, 15) is 13.2 Å². The summed E-state index contributed by atoms with van der Waals surface area (Å²) in [5.74, 6) is -0.181. The smallest absolute Gasteiger partial charge is 0.338 e. The van der Waals surface area contributed by atoms with E-state index >= 15 is 0 Å². The van der Waals surface area contributed by atoms with Crippen LogP contribution in [0.25, 0.3) is 0 Å². The van der Waals surface area contributed by atoms with Gasteiger partial charge in [0, 0.05) is 31.0 Å². The number of carbonyl (C=O) groups excluding carboxylic acids is 1. The fraction of sp³-hybridized carbons (Fsp3) is 0.267. The summed E-state index contributed by atoms with van der Waals surface area (Å²) in [5, 5.41) is 2.90. The molecule has 8 nitrogen and oxygen atoms in total. The molecule has 0 aliphatic rings. The second-order valence-corrected chi connectivity index (χ2v) is 8.04. The van der Waals surface area contributed by atoms with E-state index in [4.69, 9.17) is 4.74 Å². The Bertz CT molecular complexity index is 844. The number of rotatable bonds is 7. The van der Waals surface area contributed by atoms with Crippen LogP contribution in [-0.2, 0) is 14.8 Å². The number of sulfonamides is 1. The maximum absolute atomic E-state index is 12.3. The number of anilines is 1. The maximum atomic E-state index is 12.3. The minimum Gasteiger partial charge on any atom is -0.460 e. The zero-order valence-electron chi connectivity index (χ0n) is 13.6. The van der Waals surface area contributed by atoms with Gasteiger partial charge in [-0.1, -0.05) is 0 Å². The Morgan fingerprint density at radius 2 is 1.96 bits per heavy atom. The summed E-state index contributed by atoms with van der Waals surface area (Å²) in [5.41, 5.74) is 0.152. The molecule has 134 valence electrons. The minimum atomic E-state index is -3.67. The highest BCUT2D eigenvalue weighted by atomic mass is 79.9. The van der Waals surface area contributed by atoms with Crippen molar-refractivity contribution >= 4 is 37.9 Å². The topological polar surface area (TPSA) is 101 Å². The molecule has 1 N–H and O–H groups in total. The SMILES string of the molecule is CN(C)S(=O)(=O)c1cc(C(=O)OCCNc2ncccn2)ccc1Br. The Balaban J connectivity index is 2.00. The number of aromatic nitrogens is 2. The van der Waals surface area contributed by atoms with Gasteiger partial charge in [-0.2, -0.15) is 0 Å². The lowest BCUT2D eigenvalue weighted by Crippen LogP contribution is -2.23. The molecule has 10 heteroatoms. The van der Waals surface area contributed by atoms with Crippen molar-refractivity contribution in [2.24, 2.45) is 0 Å². The van der Waals surface area contributed by atoms with Crippen LogP contribution in [0.5, 0.6) is 0 Å². The van der Waals surface area contributed by atoms with Crippen LogP contribution in [0.2, 0.25) is 0 Å². The van der Waals surface area contributed by atoms with E-state index in [1.165, 1.54) is 32.3 Å². The summed E-state index contributed by atoms with van der Waals surface area (Å²) in [6.07, 6.45) is 3.19. The lowest BCUT2D eigenvalue weighted by atomic mass is 10.2. The average molecular weight is 429 g/mol. The zero-order chi connectivity index (χ0) is 18.4. The van der Waals surface area contributed by atoms with Crippen molar-refractivity contribution in [1.82, 2.24) is 14.3 Å². The number of hydrogen-bond donors (Lipinski definition) is 1. The first-order valence-electron chi connectivity index (χ1n) is 7.22. The minimum absolute atomic E-state index is 0.00256. The standard InChI is InChI=1S/C15H17BrN4O4S/c1-20(2)25(22,23)13-10-11(4-5-12(13)16)14(21)24-9-8-19-15-17-6-3-7-18-15/h3-7,10H,8-9H2,1-2H3,(H,17,18,19). The van der Waals surface area contributed by atoms with Gasteiger partial charge in [-0.05, 0) is 40.2 Å². The van der Waals surface area contributed by atoms with Crippen LogP contribution < -0.4 is 5.32 Å². The van der Waals surface area contributed by atoms with Crippen molar-refractivity contribution in [2.75, 3.05) is 32.6 Å². The predicted octanol–water partition coefficient (Wildman–Crippen LogP) is 1.76. The van der Waals surface area contributed by atoms with Crippen LogP contribution in [0, 0.1) is 0 Å². The summed E-state index contributed by atoms with van der Waals surface area (Å²) in [6.45, 7) is 0.415. The lowest BCUT2D eigenvalue weighted by molar-refractivity contribution is 0.0520. The first-order chi connectivity index (χ1) is 11.8. The Kier molecular flexibility index (Phi) is 6.45. The van der Waals surface area contributed by atoms with Crippen molar-refractivity contribution in [3.63, 3.8) is 0 Å². The van der Waals surface area contributed by atoms with Gasteiger partial charge in [0.1, 0.15) is 6.61 Å². The molecular weight excluding hydrogens is 412 g/mol. The van der Waals surface area contributed by atoms with Crippen molar-refractivity contribution in [1.29, 1.82) is 0 Å². The summed E-state index contributed by atoms with van der Waals surface area (Å²) in [7, 11) is -0.834. The van der Waals surface area contributed by atoms with E-state index in [1.807, 2.05) is 0 Å². The van der Waals surface area contributed by atoms with Crippen LogP contribution in [0.4, 0.5) is 5.95 Å². The van der Waals surface area contributed by atoms with Gasteiger partial charge in [-0.25, -0.2) is 27.5 Å². The van der Waals surface area contributed by atoms with Crippen molar-refractivity contribution in [2.45, 2.75) is 4.90 Å². The molecule has 0 amide bonds. The molecule has 0 aliphatic heterocycles. The van der Waals surface area contributed by atoms with Crippen molar-refractivity contribution in [3.05, 3.63) is 46.7 Å². The number of carbonyl (C=O) groups is 1. The van der Waals surface area contributed by atoms with Crippen LogP contribution in [-0.4, -0.2) is 55.9 Å². The van der Waals surface area contributed by atoms with Gasteiger partial charge in [0.05, 0.1) is 17.0 Å². The highest BCUT2D eigenvalue weighted by molar-refractivity contribution is 9.10. The molecule has 2 aromatic rings. The molecule has 1 aromatic carbocycles. The van der Waals surface area contributed by atoms with Gasteiger partial charge in [0.25, 0.3) is 0 Å². The molecule has 2 rings (SSSR count). The van der Waals surface area contributed by atoms with Gasteiger partial charge in [-0.3, -0.25) is 0 Å². The van der Waals surface area contributed by atoms with E-state index in [-0.39, 0.29) is 17.1 Å². The fourth-order valence-corrected chi connectivity index (χ4v) is 3.65. The van der Waals surface area contributed by atoms with E-state index in [2.05, 4.69) is 31.2 Å². The molecule has 0 saturated carbocycles. The van der Waals surface area contributed by atoms with Gasteiger partial charge in [-0.15, -0.1) is 0 Å². The third kappa shape index (κ3) is 4.97. The Morgan fingerprint density at radius 3 is 2.60 bits per heavy atom. The molecule has 0 radical (unpaired) electrons. The number of hydrogen-bond acceptors (Lipinski definition) is 7. The van der Waals surface area contributed by atoms with Crippen molar-refractivity contribution < 1.29 is 17.9 Å². The Hall–Kier alpha value is -2.04. The first kappa shape index (κ1) is 19.3. The van der Waals surface area contributed by atoms with E-state index in [1.54, 1.807) is 18.5 Å². The van der Waals surface area contributed by atoms with Crippen LogP contribution in [0.15, 0.2) is 46.0 Å². The van der Waals surface area contributed by atoms with E-state index in [0.29, 0.717) is 17.0 Å². The van der Waals surface area contributed by atoms with E-state index < -0.39 is 16.0 Å². The Morgan fingerprint density at radius 1 is 1.28 bits per heavy atom. The maximum Gasteiger partial charge on any atom is 0.338 e. The first-order valence-corrected chi connectivity index (χ1v) is 9.46. The molecular formula is C15H17BrN4O4S. The monoisotopic (exact) mass is 428 g/mol. The molecule has 0 unspecified atom stereocenters. The van der Waals surface area contributed by atoms with Crippen LogP contribution in [0.3, 0.4) is 0 Å². The predicted molar refractivity (Wildman–Crippen MR) is 95.8 cm³/mol. The number of benzene rings is 1. The highest BCUT2D eigenvalue weighted by Crippen LogP contribution is 2.25. The molecule has 1 aromatic heterocycles. The summed E-state index contributed by atoms with van der Waals surface area (Å²) >= 11 is 3.19. The normalized spacial score (nSPS) is 11.4. The number of halogens is 1. The molecule has 25 heavy (non-hydrogen) atoms. The van der Waals surface area contributed by atoms with Crippen LogP contribution in [0.1, 0.15) is 10.4 Å². The van der Waals surface area contributed by atoms with E-state index in [0.717, 1.165) is 4.31 Å². The third-order valence-corrected chi connectivity index (χ3v) is 5.92. The molecule has 0 spiro atoms. The Labute approximate surface area is 154 Å². The largest absolute Gasteiger partial charge is 0.460 e. The molecule has 0 atom stereocenters. The molecule has 0 aliphatic carbocycles. The van der Waals surface area contributed by atoms with Gasteiger partial charge in [0.2, 0.25) is 16.0 Å². The summed E-state index contributed by atoms with van der Waals surface area (Å²) in [4.78, 5) is 20.1. The summed E-state index contributed by atoms with van der Waals surface area (Å²) in [6, 6.07) is 5.98. The number of esters is 1. The van der Waals surface area contributed by atoms with Crippen molar-refractivity contribution in [3.8, 4) is 0 Å². The molecule has 0 fully saturated rings. The zero-order valence-corrected chi connectivity index (χ0v) is 16.0. The molecule has 0 bridgehead atoms. The van der Waals surface area contributed by atoms with Gasteiger partial charge >= 0.3 is 5.97 Å². The highest BCUT2D eigenvalue weighted by Gasteiger charge is 2.22. The van der Waals surface area contributed by atoms with Gasteiger partial charge < -0.3 is 10.1 Å². The van der Waals surface area contributed by atoms with Crippen LogP contribution >= 0.6 is 15.9 Å². The summed E-state index contributed by atoms with van der Waals surface area (Å²) < 4.78 is 31.1. The second-order valence-electron chi connectivity index (χ2n) is 5.07. The fourth-order valence-electron chi connectivity index (χ4n) is 1.80. The molecule has 1 heterocycles. The third-order valence-electron chi connectivity index (χ3n) is 3.11. The number of nitrogens with zero attached hydrogens (tertiary/aromatic N) is 3. The quantitative estimate of drug-likeness (QED) is 0.529. The lowest BCUT2D eigenvalue weighted by Gasteiger charge is -2.14. The van der Waals surface area contributed by atoms with Gasteiger partial charge in [0.15, 0.2) is 0 Å². The number of ether oxygens (including phenoxy) is 1. The molecule has 0 saturated heterocycles.